The van der Waals surface area contributed by atoms with Crippen molar-refractivity contribution in [3.8, 4) is 0 Å². The molecule has 5 aromatic rings. The van der Waals surface area contributed by atoms with Gasteiger partial charge in [-0.15, -0.1) is 0 Å². The molecule has 2 nitrogen and oxygen atoms in total. The molecule has 2 heteroatoms. The quantitative estimate of drug-likeness (QED) is 0.269. The maximum atomic E-state index is 3.59. The Bertz CT molecular complexity index is 1540. The predicted octanol–water partition coefficient (Wildman–Crippen LogP) is 9.79. The number of para-hydroxylation sites is 1. The van der Waals surface area contributed by atoms with E-state index in [2.05, 4.69) is 150 Å². The number of nitrogens with zero attached hydrogens (tertiary/aromatic N) is 1. The molecule has 1 aliphatic carbocycles. The minimum Gasteiger partial charge on any atom is -0.356 e. The van der Waals surface area contributed by atoms with Gasteiger partial charge in [0.1, 0.15) is 0 Å². The van der Waals surface area contributed by atoms with Crippen molar-refractivity contribution in [2.75, 3.05) is 10.2 Å². The van der Waals surface area contributed by atoms with E-state index in [0.29, 0.717) is 0 Å². The highest BCUT2D eigenvalue weighted by Gasteiger charge is 2.15. The van der Waals surface area contributed by atoms with Crippen LogP contribution in [-0.2, 0) is 0 Å². The van der Waals surface area contributed by atoms with Crippen LogP contribution in [0.2, 0.25) is 0 Å². The van der Waals surface area contributed by atoms with Crippen molar-refractivity contribution in [1.82, 2.24) is 0 Å². The molecular formula is C34H28N2. The topological polar surface area (TPSA) is 15.3 Å². The molecule has 174 valence electrons. The van der Waals surface area contributed by atoms with Crippen LogP contribution in [0.1, 0.15) is 18.4 Å². The lowest BCUT2D eigenvalue weighted by atomic mass is 9.97. The van der Waals surface area contributed by atoms with E-state index in [4.69, 9.17) is 0 Å². The molecule has 0 aromatic heterocycles. The van der Waals surface area contributed by atoms with Crippen molar-refractivity contribution in [1.29, 1.82) is 0 Å². The summed E-state index contributed by atoms with van der Waals surface area (Å²) in [5.74, 6) is 0. The maximum Gasteiger partial charge on any atom is 0.0540 e. The second kappa shape index (κ2) is 9.97. The van der Waals surface area contributed by atoms with Crippen molar-refractivity contribution in [2.24, 2.45) is 0 Å². The molecule has 0 saturated carbocycles. The first-order valence-electron chi connectivity index (χ1n) is 12.5. The molecular weight excluding hydrogens is 436 g/mol. The minimum atomic E-state index is 1.07. The molecule has 0 fully saturated rings. The van der Waals surface area contributed by atoms with Crippen molar-refractivity contribution >= 4 is 44.8 Å². The van der Waals surface area contributed by atoms with Crippen LogP contribution in [0.15, 0.2) is 140 Å². The molecule has 0 saturated heterocycles. The lowest BCUT2D eigenvalue weighted by molar-refractivity contribution is 1.05. The zero-order valence-electron chi connectivity index (χ0n) is 20.1. The third kappa shape index (κ3) is 4.54. The van der Waals surface area contributed by atoms with Gasteiger partial charge in [0, 0.05) is 28.1 Å². The van der Waals surface area contributed by atoms with Gasteiger partial charge >= 0.3 is 0 Å². The highest BCUT2D eigenvalue weighted by molar-refractivity contribution is 5.98. The number of fused-ring (bicyclic) bond motifs is 1. The average Bonchev–Trinajstić information content (AvgIpc) is 2.95. The first-order chi connectivity index (χ1) is 17.8. The lowest BCUT2D eigenvalue weighted by Gasteiger charge is -2.27. The molecule has 0 bridgehead atoms. The molecule has 0 heterocycles. The Morgan fingerprint density at radius 3 is 2.19 bits per heavy atom. The lowest BCUT2D eigenvalue weighted by Crippen LogP contribution is -2.10. The number of benzene rings is 5. The summed E-state index contributed by atoms with van der Waals surface area (Å²) in [7, 11) is 0. The van der Waals surface area contributed by atoms with E-state index >= 15 is 0 Å². The van der Waals surface area contributed by atoms with Gasteiger partial charge < -0.3 is 10.2 Å². The Morgan fingerprint density at radius 1 is 0.611 bits per heavy atom. The third-order valence-corrected chi connectivity index (χ3v) is 6.68. The number of nitrogens with one attached hydrogen (secondary N) is 1. The zero-order valence-corrected chi connectivity index (χ0v) is 20.1. The van der Waals surface area contributed by atoms with Gasteiger partial charge in [0.15, 0.2) is 0 Å². The van der Waals surface area contributed by atoms with Gasteiger partial charge in [-0.2, -0.15) is 0 Å². The smallest absolute Gasteiger partial charge is 0.0540 e. The van der Waals surface area contributed by atoms with Crippen LogP contribution < -0.4 is 10.2 Å². The van der Waals surface area contributed by atoms with Crippen molar-refractivity contribution in [3.63, 3.8) is 0 Å². The van der Waals surface area contributed by atoms with E-state index in [0.717, 1.165) is 35.6 Å². The average molecular weight is 465 g/mol. The molecule has 36 heavy (non-hydrogen) atoms. The summed E-state index contributed by atoms with van der Waals surface area (Å²) in [5.41, 5.74) is 8.27. The Kier molecular flexibility index (Phi) is 6.08. The standard InChI is InChI=1S/C34H28N2/c1-3-11-26(12-4-1)28-15-9-16-30(25-28)35-29-21-23-32(24-22-29)36(31-17-5-2-6-18-31)34-20-10-14-27-13-7-8-19-33(27)34/h1-3,5-11,13-25,35H,4,12H2. The van der Waals surface area contributed by atoms with E-state index in [1.165, 1.54) is 27.6 Å². The molecule has 0 unspecified atom stereocenters. The fraction of sp³-hybridized carbons (Fsp3) is 0.0588. The SMILES string of the molecule is C1=CCCC(c2cccc(Nc3ccc(N(c4ccccc4)c4cccc5ccccc45)cc3)c2)=C1. The normalized spacial score (nSPS) is 12.8. The van der Waals surface area contributed by atoms with Gasteiger partial charge in [0.05, 0.1) is 5.69 Å². The number of hydrogen-bond acceptors (Lipinski definition) is 2. The van der Waals surface area contributed by atoms with Crippen LogP contribution in [0.3, 0.4) is 0 Å². The van der Waals surface area contributed by atoms with Gasteiger partial charge in [0.2, 0.25) is 0 Å². The van der Waals surface area contributed by atoms with E-state index in [9.17, 15) is 0 Å². The number of allylic oxidation sites excluding steroid dienone is 4. The summed E-state index contributed by atoms with van der Waals surface area (Å²) < 4.78 is 0. The molecule has 0 atom stereocenters. The van der Waals surface area contributed by atoms with Crippen LogP contribution >= 0.6 is 0 Å². The molecule has 0 radical (unpaired) electrons. The number of rotatable bonds is 6. The van der Waals surface area contributed by atoms with Gasteiger partial charge in [0.25, 0.3) is 0 Å². The number of hydrogen-bond donors (Lipinski definition) is 1. The largest absolute Gasteiger partial charge is 0.356 e. The van der Waals surface area contributed by atoms with E-state index in [1.54, 1.807) is 0 Å². The van der Waals surface area contributed by atoms with Gasteiger partial charge in [-0.25, -0.2) is 0 Å². The van der Waals surface area contributed by atoms with Gasteiger partial charge in [-0.05, 0) is 84.0 Å². The predicted molar refractivity (Wildman–Crippen MR) is 155 cm³/mol. The summed E-state index contributed by atoms with van der Waals surface area (Å²) in [5, 5.41) is 6.06. The second-order valence-corrected chi connectivity index (χ2v) is 9.08. The van der Waals surface area contributed by atoms with Crippen LogP contribution in [0.5, 0.6) is 0 Å². The first-order valence-corrected chi connectivity index (χ1v) is 12.5. The Labute approximate surface area is 212 Å². The molecule has 1 N–H and O–H groups in total. The fourth-order valence-corrected chi connectivity index (χ4v) is 4.91. The Morgan fingerprint density at radius 2 is 1.36 bits per heavy atom. The summed E-state index contributed by atoms with van der Waals surface area (Å²) in [4.78, 5) is 2.33. The molecule has 1 aliphatic rings. The van der Waals surface area contributed by atoms with Crippen molar-refractivity contribution in [2.45, 2.75) is 12.8 Å². The minimum absolute atomic E-state index is 1.07. The summed E-state index contributed by atoms with van der Waals surface area (Å²) in [6.45, 7) is 0. The third-order valence-electron chi connectivity index (χ3n) is 6.68. The Balaban J connectivity index is 1.33. The fourth-order valence-electron chi connectivity index (χ4n) is 4.91. The molecule has 0 amide bonds. The summed E-state index contributed by atoms with van der Waals surface area (Å²) >= 11 is 0. The molecule has 6 rings (SSSR count). The number of anilines is 5. The van der Waals surface area contributed by atoms with Gasteiger partial charge in [-0.3, -0.25) is 0 Å². The monoisotopic (exact) mass is 464 g/mol. The van der Waals surface area contributed by atoms with Crippen molar-refractivity contribution in [3.05, 3.63) is 145 Å². The van der Waals surface area contributed by atoms with Crippen LogP contribution in [0.25, 0.3) is 16.3 Å². The summed E-state index contributed by atoms with van der Waals surface area (Å²) in [6, 6.07) is 43.0. The van der Waals surface area contributed by atoms with Crippen LogP contribution in [0, 0.1) is 0 Å². The molecule has 0 aliphatic heterocycles. The van der Waals surface area contributed by atoms with E-state index in [-0.39, 0.29) is 0 Å². The zero-order chi connectivity index (χ0) is 24.2. The van der Waals surface area contributed by atoms with E-state index < -0.39 is 0 Å². The van der Waals surface area contributed by atoms with Crippen LogP contribution in [-0.4, -0.2) is 0 Å². The highest BCUT2D eigenvalue weighted by Crippen LogP contribution is 2.39. The maximum absolute atomic E-state index is 3.59. The first kappa shape index (κ1) is 21.9. The second-order valence-electron chi connectivity index (χ2n) is 9.08. The molecule has 5 aromatic carbocycles. The summed E-state index contributed by atoms with van der Waals surface area (Å²) in [6.07, 6.45) is 8.82. The highest BCUT2D eigenvalue weighted by atomic mass is 15.1. The van der Waals surface area contributed by atoms with E-state index in [1.807, 2.05) is 0 Å². The van der Waals surface area contributed by atoms with Crippen molar-refractivity contribution < 1.29 is 0 Å². The van der Waals surface area contributed by atoms with Gasteiger partial charge in [-0.1, -0.05) is 85.0 Å². The Hall–Kier alpha value is -4.56. The van der Waals surface area contributed by atoms with Crippen LogP contribution in [0.4, 0.5) is 28.4 Å². The molecule has 0 spiro atoms.